The summed E-state index contributed by atoms with van der Waals surface area (Å²) in [6.07, 6.45) is -17.7. The Morgan fingerprint density at radius 1 is 0.889 bits per heavy atom. The lowest BCUT2D eigenvalue weighted by Gasteiger charge is -2.52. The topological polar surface area (TPSA) is 244 Å². The van der Waals surface area contributed by atoms with Gasteiger partial charge in [0.15, 0.2) is 0 Å². The van der Waals surface area contributed by atoms with Crippen LogP contribution in [0, 0.1) is 0 Å². The first-order valence-electron chi connectivity index (χ1n) is 7.70. The van der Waals surface area contributed by atoms with Crippen molar-refractivity contribution in [1.82, 2.24) is 0 Å². The summed E-state index contributed by atoms with van der Waals surface area (Å²) in [6.45, 7) is -1.97. The van der Waals surface area contributed by atoms with Crippen molar-refractivity contribution in [3.8, 4) is 0 Å². The van der Waals surface area contributed by atoms with Gasteiger partial charge >= 0.3 is 10.4 Å². The lowest BCUT2D eigenvalue weighted by atomic mass is 9.83. The van der Waals surface area contributed by atoms with Gasteiger partial charge in [0.2, 0.25) is 5.79 Å². The van der Waals surface area contributed by atoms with Crippen LogP contribution >= 0.6 is 0 Å². The lowest BCUT2D eigenvalue weighted by Crippen LogP contribution is -2.75. The van der Waals surface area contributed by atoms with Crippen molar-refractivity contribution in [2.24, 2.45) is 0 Å². The Kier molecular flexibility index (Phi) is 6.80. The van der Waals surface area contributed by atoms with E-state index in [0.717, 1.165) is 0 Å². The third-order valence-corrected chi connectivity index (χ3v) is 4.93. The van der Waals surface area contributed by atoms with Crippen LogP contribution in [-0.4, -0.2) is 128 Å². The molecule has 2 aliphatic rings. The first kappa shape index (κ1) is 22.8. The van der Waals surface area contributed by atoms with Crippen molar-refractivity contribution < 1.29 is 67.5 Å². The molecular formula is C12H22O14S. The molecule has 0 saturated carbocycles. The molecule has 160 valence electrons. The van der Waals surface area contributed by atoms with E-state index in [4.69, 9.17) is 14.0 Å². The van der Waals surface area contributed by atoms with Crippen LogP contribution in [0.25, 0.3) is 0 Å². The molecule has 10 atom stereocenters. The van der Waals surface area contributed by atoms with Crippen LogP contribution in [0.3, 0.4) is 0 Å². The van der Waals surface area contributed by atoms with Gasteiger partial charge in [0.05, 0.1) is 13.2 Å². The van der Waals surface area contributed by atoms with Crippen molar-refractivity contribution in [3.05, 3.63) is 0 Å². The van der Waals surface area contributed by atoms with Crippen molar-refractivity contribution in [3.63, 3.8) is 0 Å². The smallest absolute Gasteiger partial charge is 0.394 e. The van der Waals surface area contributed by atoms with E-state index in [1.54, 1.807) is 0 Å². The highest BCUT2D eigenvalue weighted by molar-refractivity contribution is 7.80. The second-order valence-corrected chi connectivity index (χ2v) is 7.39. The van der Waals surface area contributed by atoms with Gasteiger partial charge in [-0.2, -0.15) is 8.42 Å². The average molecular weight is 422 g/mol. The molecule has 2 unspecified atom stereocenters. The summed E-state index contributed by atoms with van der Waals surface area (Å²) >= 11 is 0. The van der Waals surface area contributed by atoms with Gasteiger partial charge in [0.1, 0.15) is 54.9 Å². The Bertz CT molecular complexity index is 611. The molecule has 0 bridgehead atoms. The van der Waals surface area contributed by atoms with Crippen LogP contribution in [-0.2, 0) is 24.1 Å². The van der Waals surface area contributed by atoms with Gasteiger partial charge in [-0.05, 0) is 0 Å². The van der Waals surface area contributed by atoms with Gasteiger partial charge in [0, 0.05) is 0 Å². The maximum atomic E-state index is 10.7. The van der Waals surface area contributed by atoms with Gasteiger partial charge in [-0.25, -0.2) is 4.18 Å². The van der Waals surface area contributed by atoms with E-state index < -0.39 is 84.3 Å². The highest BCUT2D eigenvalue weighted by atomic mass is 32.3. The fourth-order valence-corrected chi connectivity index (χ4v) is 3.30. The maximum Gasteiger partial charge on any atom is 0.397 e. The molecule has 2 aliphatic heterocycles. The Morgan fingerprint density at radius 3 is 1.96 bits per heavy atom. The highest BCUT2D eigenvalue weighted by Gasteiger charge is 2.62. The van der Waals surface area contributed by atoms with Gasteiger partial charge in [-0.15, -0.1) is 0 Å². The van der Waals surface area contributed by atoms with Gasteiger partial charge < -0.3 is 50.3 Å². The van der Waals surface area contributed by atoms with E-state index in [1.165, 1.54) is 0 Å². The summed E-state index contributed by atoms with van der Waals surface area (Å²) in [7, 11) is -4.98. The molecule has 0 aromatic heterocycles. The molecule has 2 rings (SSSR count). The van der Waals surface area contributed by atoms with Gasteiger partial charge in [-0.3, -0.25) is 4.55 Å². The highest BCUT2D eigenvalue weighted by Crippen LogP contribution is 2.37. The predicted octanol–water partition coefficient (Wildman–Crippen LogP) is -6.18. The minimum atomic E-state index is -4.98. The minimum Gasteiger partial charge on any atom is -0.394 e. The van der Waals surface area contributed by atoms with Crippen molar-refractivity contribution in [2.45, 2.75) is 60.7 Å². The van der Waals surface area contributed by atoms with Crippen LogP contribution in [0.2, 0.25) is 0 Å². The van der Waals surface area contributed by atoms with Crippen molar-refractivity contribution in [2.75, 3.05) is 13.2 Å². The number of rotatable bonds is 5. The lowest BCUT2D eigenvalue weighted by molar-refractivity contribution is -0.405. The molecule has 9 N–H and O–H groups in total. The first-order chi connectivity index (χ1) is 12.3. The molecule has 0 aromatic rings. The molecule has 2 saturated heterocycles. The van der Waals surface area contributed by atoms with Crippen LogP contribution in [0.1, 0.15) is 0 Å². The summed E-state index contributed by atoms with van der Waals surface area (Å²) in [5.41, 5.74) is 0. The molecular weight excluding hydrogens is 400 g/mol. The number of aliphatic hydroxyl groups is 8. The first-order valence-corrected chi connectivity index (χ1v) is 9.06. The van der Waals surface area contributed by atoms with Crippen LogP contribution < -0.4 is 0 Å². The summed E-state index contributed by atoms with van der Waals surface area (Å²) in [6, 6.07) is 0. The molecule has 2 fully saturated rings. The second-order valence-electron chi connectivity index (χ2n) is 6.30. The normalized spacial score (nSPS) is 49.1. The quantitative estimate of drug-likeness (QED) is 0.187. The van der Waals surface area contributed by atoms with Gasteiger partial charge in [-0.1, -0.05) is 0 Å². The summed E-state index contributed by atoms with van der Waals surface area (Å²) in [5.74, 6) is -3.04. The maximum absolute atomic E-state index is 10.7. The zero-order valence-electron chi connectivity index (χ0n) is 13.6. The Morgan fingerprint density at radius 2 is 1.44 bits per heavy atom. The van der Waals surface area contributed by atoms with E-state index in [1.807, 2.05) is 0 Å². The number of hydrogen-bond acceptors (Lipinski definition) is 13. The molecule has 15 heteroatoms. The Balaban J connectivity index is 2.31. The average Bonchev–Trinajstić information content (AvgIpc) is 2.59. The SMILES string of the molecule is O=S(=O)(O)OC[C@@H]1OC(O)(C2O[C@H](CO)[C@H](O)[C@H](O)[C@H]2O)[C@@H](O)[C@H](O)[C@@H]1O. The van der Waals surface area contributed by atoms with Crippen LogP contribution in [0.5, 0.6) is 0 Å². The number of ether oxygens (including phenoxy) is 2. The summed E-state index contributed by atoms with van der Waals surface area (Å²) in [4.78, 5) is 0. The molecule has 0 aromatic carbocycles. The van der Waals surface area contributed by atoms with Crippen molar-refractivity contribution >= 4 is 10.4 Å². The molecule has 0 radical (unpaired) electrons. The second kappa shape index (κ2) is 8.07. The predicted molar refractivity (Wildman–Crippen MR) is 79.1 cm³/mol. The monoisotopic (exact) mass is 422 g/mol. The summed E-state index contributed by atoms with van der Waals surface area (Å²) in [5, 5.41) is 79.4. The summed E-state index contributed by atoms with van der Waals surface area (Å²) < 4.78 is 44.0. The Hall–Kier alpha value is -0.530. The van der Waals surface area contributed by atoms with E-state index in [0.29, 0.717) is 0 Å². The largest absolute Gasteiger partial charge is 0.397 e. The molecule has 0 spiro atoms. The van der Waals surface area contributed by atoms with E-state index in [2.05, 4.69) is 4.18 Å². The van der Waals surface area contributed by atoms with E-state index in [-0.39, 0.29) is 0 Å². The molecule has 0 amide bonds. The number of hydrogen-bond donors (Lipinski definition) is 9. The molecule has 0 aliphatic carbocycles. The fourth-order valence-electron chi connectivity index (χ4n) is 3.00. The number of aliphatic hydroxyl groups excluding tert-OH is 7. The molecule has 14 nitrogen and oxygen atoms in total. The van der Waals surface area contributed by atoms with Crippen molar-refractivity contribution in [1.29, 1.82) is 0 Å². The molecule has 27 heavy (non-hydrogen) atoms. The van der Waals surface area contributed by atoms with Crippen LogP contribution in [0.15, 0.2) is 0 Å². The Labute approximate surface area is 152 Å². The zero-order valence-corrected chi connectivity index (χ0v) is 14.4. The minimum absolute atomic E-state index is 0.867. The third-order valence-electron chi connectivity index (χ3n) is 4.50. The van der Waals surface area contributed by atoms with Gasteiger partial charge in [0.25, 0.3) is 0 Å². The fraction of sp³-hybridized carbons (Fsp3) is 1.00. The van der Waals surface area contributed by atoms with E-state index in [9.17, 15) is 49.3 Å². The zero-order chi connectivity index (χ0) is 20.7. The standard InChI is InChI=1S/C12H22O14S/c13-1-3-5(14)7(16)9(18)11(25-3)12(20)10(19)8(17)6(15)4(26-12)2-24-27(21,22)23/h3-11,13-20H,1-2H2,(H,21,22,23)/t3-,4+,5+,6-,7+,8-,9-,10+,11?,12?/m1/s1. The third kappa shape index (κ3) is 4.40. The van der Waals surface area contributed by atoms with Crippen LogP contribution in [0.4, 0.5) is 0 Å². The molecule has 2 heterocycles. The van der Waals surface area contributed by atoms with E-state index >= 15 is 0 Å².